The highest BCUT2D eigenvalue weighted by Gasteiger charge is 2.48. The van der Waals surface area contributed by atoms with Crippen molar-refractivity contribution in [1.82, 2.24) is 14.9 Å². The van der Waals surface area contributed by atoms with Gasteiger partial charge in [-0.05, 0) is 64.8 Å². The quantitative estimate of drug-likeness (QED) is 0.221. The third-order valence-electron chi connectivity index (χ3n) is 6.21. The van der Waals surface area contributed by atoms with Gasteiger partial charge < -0.3 is 25.0 Å². The first-order chi connectivity index (χ1) is 17.5. The number of H-pyrrole nitrogens is 1. The van der Waals surface area contributed by atoms with Gasteiger partial charge in [-0.25, -0.2) is 9.59 Å². The van der Waals surface area contributed by atoms with Crippen LogP contribution in [0.15, 0.2) is 39.8 Å². The second kappa shape index (κ2) is 11.9. The average Bonchev–Trinajstić information content (AvgIpc) is 3.09. The van der Waals surface area contributed by atoms with Crippen molar-refractivity contribution in [1.29, 1.82) is 0 Å². The van der Waals surface area contributed by atoms with Crippen LogP contribution in [0.1, 0.15) is 51.7 Å². The first kappa shape index (κ1) is 28.4. The monoisotopic (exact) mass is 523 g/mol. The van der Waals surface area contributed by atoms with Crippen LogP contribution in [0.25, 0.3) is 0 Å². The Balaban J connectivity index is 1.88. The van der Waals surface area contributed by atoms with E-state index < -0.39 is 53.6 Å². The van der Waals surface area contributed by atoms with E-state index in [0.29, 0.717) is 24.0 Å². The molecule has 4 atom stereocenters. The minimum absolute atomic E-state index is 0.0775. The molecule has 0 amide bonds. The Labute approximate surface area is 211 Å². The number of aryl methyl sites for hydroxylation is 4. The Bertz CT molecular complexity index is 1280. The SMILES string of the molecule is CNCCCCc1cn(C2OC(C(OC(=O)c3c(C)cc(C)cc3C)=C(F)F)C(O)C2O)c(=O)[nH]c1=O. The number of carbonyl (C=O) groups is 1. The smallest absolute Gasteiger partial charge is 0.344 e. The minimum Gasteiger partial charge on any atom is -0.419 e. The van der Waals surface area contributed by atoms with E-state index in [9.17, 15) is 33.4 Å². The fourth-order valence-electron chi connectivity index (χ4n) is 4.47. The summed E-state index contributed by atoms with van der Waals surface area (Å²) in [5, 5.41) is 24.1. The van der Waals surface area contributed by atoms with Gasteiger partial charge >= 0.3 is 17.7 Å². The number of aromatic amines is 1. The molecule has 1 aliphatic heterocycles. The van der Waals surface area contributed by atoms with Gasteiger partial charge in [0.05, 0.1) is 5.56 Å². The normalized spacial score (nSPS) is 21.2. The number of benzene rings is 1. The number of hydrogen-bond donors (Lipinski definition) is 4. The van der Waals surface area contributed by atoms with Crippen LogP contribution in [0.3, 0.4) is 0 Å². The third-order valence-corrected chi connectivity index (χ3v) is 6.21. The van der Waals surface area contributed by atoms with Crippen molar-refractivity contribution in [3.63, 3.8) is 0 Å². The number of carbonyl (C=O) groups excluding carboxylic acids is 1. The van der Waals surface area contributed by atoms with Gasteiger partial charge in [0.15, 0.2) is 12.3 Å². The Kier molecular flexibility index (Phi) is 9.13. The van der Waals surface area contributed by atoms with Crippen molar-refractivity contribution in [2.45, 2.75) is 64.6 Å². The van der Waals surface area contributed by atoms with Crippen molar-refractivity contribution in [3.05, 3.63) is 78.8 Å². The topological polar surface area (TPSA) is 143 Å². The van der Waals surface area contributed by atoms with E-state index in [-0.39, 0.29) is 11.1 Å². The molecule has 1 aromatic carbocycles. The summed E-state index contributed by atoms with van der Waals surface area (Å²) in [7, 11) is 1.79. The number of nitrogens with zero attached hydrogens (tertiary/aromatic N) is 1. The van der Waals surface area contributed by atoms with Crippen LogP contribution in [0.5, 0.6) is 0 Å². The fourth-order valence-corrected chi connectivity index (χ4v) is 4.47. The van der Waals surface area contributed by atoms with Crippen LogP contribution in [0.2, 0.25) is 0 Å². The molecular formula is C25H31F2N3O7. The largest absolute Gasteiger partial charge is 0.419 e. The molecule has 0 saturated carbocycles. The number of aliphatic hydroxyl groups excluding tert-OH is 2. The second-order valence-electron chi connectivity index (χ2n) is 9.10. The maximum absolute atomic E-state index is 13.9. The molecule has 1 aliphatic rings. The zero-order chi connectivity index (χ0) is 27.4. The van der Waals surface area contributed by atoms with Crippen LogP contribution in [0.4, 0.5) is 8.78 Å². The first-order valence-electron chi connectivity index (χ1n) is 11.8. The van der Waals surface area contributed by atoms with Crippen molar-refractivity contribution in [3.8, 4) is 0 Å². The van der Waals surface area contributed by atoms with Gasteiger partial charge in [0.1, 0.15) is 12.2 Å². The third kappa shape index (κ3) is 6.21. The number of halogens is 2. The molecule has 0 radical (unpaired) electrons. The Morgan fingerprint density at radius 2 is 1.78 bits per heavy atom. The fraction of sp³-hybridized carbons (Fsp3) is 0.480. The summed E-state index contributed by atoms with van der Waals surface area (Å²) in [5.41, 5.74) is 0.593. The zero-order valence-electron chi connectivity index (χ0n) is 21.0. The van der Waals surface area contributed by atoms with Crippen LogP contribution >= 0.6 is 0 Å². The van der Waals surface area contributed by atoms with Crippen LogP contribution < -0.4 is 16.6 Å². The number of ether oxygens (including phenoxy) is 2. The van der Waals surface area contributed by atoms with Gasteiger partial charge in [0, 0.05) is 11.8 Å². The number of aliphatic hydroxyl groups is 2. The Morgan fingerprint density at radius 1 is 1.14 bits per heavy atom. The predicted molar refractivity (Wildman–Crippen MR) is 129 cm³/mol. The second-order valence-corrected chi connectivity index (χ2v) is 9.10. The van der Waals surface area contributed by atoms with E-state index in [0.717, 1.165) is 23.1 Å². The maximum atomic E-state index is 13.9. The summed E-state index contributed by atoms with van der Waals surface area (Å²) in [6.45, 7) is 5.80. The van der Waals surface area contributed by atoms with Crippen molar-refractivity contribution in [2.75, 3.05) is 13.6 Å². The summed E-state index contributed by atoms with van der Waals surface area (Å²) in [6, 6.07) is 3.39. The number of aromatic nitrogens is 2. The van der Waals surface area contributed by atoms with E-state index in [1.54, 1.807) is 33.0 Å². The van der Waals surface area contributed by atoms with Gasteiger partial charge in [-0.15, -0.1) is 0 Å². The predicted octanol–water partition coefficient (Wildman–Crippen LogP) is 1.59. The molecule has 4 N–H and O–H groups in total. The van der Waals surface area contributed by atoms with E-state index >= 15 is 0 Å². The van der Waals surface area contributed by atoms with Gasteiger partial charge in [0.2, 0.25) is 5.76 Å². The molecule has 1 aromatic heterocycles. The van der Waals surface area contributed by atoms with Gasteiger partial charge in [-0.1, -0.05) is 17.7 Å². The molecule has 0 bridgehead atoms. The average molecular weight is 524 g/mol. The highest BCUT2D eigenvalue weighted by molar-refractivity contribution is 5.93. The number of rotatable bonds is 9. The summed E-state index contributed by atoms with van der Waals surface area (Å²) in [6.07, 6.45) is -6.98. The van der Waals surface area contributed by atoms with E-state index in [2.05, 4.69) is 10.3 Å². The Hall–Kier alpha value is -3.19. The van der Waals surface area contributed by atoms with Crippen molar-refractivity contribution >= 4 is 5.97 Å². The van der Waals surface area contributed by atoms with Crippen LogP contribution in [-0.4, -0.2) is 57.6 Å². The number of hydrogen-bond acceptors (Lipinski definition) is 8. The lowest BCUT2D eigenvalue weighted by Crippen LogP contribution is -2.39. The highest BCUT2D eigenvalue weighted by atomic mass is 19.3. The summed E-state index contributed by atoms with van der Waals surface area (Å²) in [4.78, 5) is 39.6. The number of nitrogens with one attached hydrogen (secondary N) is 2. The molecule has 37 heavy (non-hydrogen) atoms. The van der Waals surface area contributed by atoms with Crippen LogP contribution in [-0.2, 0) is 15.9 Å². The standard InChI is InChI=1S/C25H31F2N3O7/c1-12-9-13(2)16(14(3)10-12)24(34)37-20(21(26)27)19-17(31)18(32)23(36-19)30-11-15(7-5-6-8-28-4)22(33)29-25(30)35/h9-11,17-19,23,28,31-32H,5-8H2,1-4H3,(H,29,33,35). The molecule has 12 heteroatoms. The van der Waals surface area contributed by atoms with E-state index in [1.807, 2.05) is 6.92 Å². The van der Waals surface area contributed by atoms with Gasteiger partial charge in [-0.2, -0.15) is 8.78 Å². The lowest BCUT2D eigenvalue weighted by atomic mass is 10.00. The molecule has 1 fully saturated rings. The van der Waals surface area contributed by atoms with Gasteiger partial charge in [-0.3, -0.25) is 14.3 Å². The molecular weight excluding hydrogens is 492 g/mol. The maximum Gasteiger partial charge on any atom is 0.344 e. The molecule has 4 unspecified atom stereocenters. The molecule has 2 aromatic rings. The Morgan fingerprint density at radius 3 is 2.38 bits per heavy atom. The highest BCUT2D eigenvalue weighted by Crippen LogP contribution is 2.35. The molecule has 2 heterocycles. The van der Waals surface area contributed by atoms with E-state index in [4.69, 9.17) is 9.47 Å². The number of unbranched alkanes of at least 4 members (excludes halogenated alkanes) is 1. The van der Waals surface area contributed by atoms with Crippen molar-refractivity contribution < 1.29 is 33.3 Å². The van der Waals surface area contributed by atoms with Gasteiger partial charge in [0.25, 0.3) is 5.56 Å². The lowest BCUT2D eigenvalue weighted by Gasteiger charge is -2.19. The van der Waals surface area contributed by atoms with E-state index in [1.165, 1.54) is 6.20 Å². The molecule has 3 rings (SSSR count). The first-order valence-corrected chi connectivity index (χ1v) is 11.8. The molecule has 202 valence electrons. The summed E-state index contributed by atoms with van der Waals surface area (Å²) in [5.74, 6) is -2.36. The zero-order valence-corrected chi connectivity index (χ0v) is 21.0. The minimum atomic E-state index is -2.44. The van der Waals surface area contributed by atoms with Crippen LogP contribution in [0, 0.1) is 20.8 Å². The molecule has 0 spiro atoms. The number of esters is 1. The summed E-state index contributed by atoms with van der Waals surface area (Å²) < 4.78 is 39.1. The molecule has 1 saturated heterocycles. The molecule has 0 aliphatic carbocycles. The molecule has 10 nitrogen and oxygen atoms in total. The summed E-state index contributed by atoms with van der Waals surface area (Å²) >= 11 is 0. The lowest BCUT2D eigenvalue weighted by molar-refractivity contribution is -0.0439. The van der Waals surface area contributed by atoms with Crippen molar-refractivity contribution in [2.24, 2.45) is 0 Å².